The maximum atomic E-state index is 7.63. The number of halogens is 2. The molecule has 0 aromatic heterocycles. The monoisotopic (exact) mass is 340 g/mol. The van der Waals surface area contributed by atoms with Gasteiger partial charge in [0.15, 0.2) is 0 Å². The highest BCUT2D eigenvalue weighted by Gasteiger charge is 2.10. The summed E-state index contributed by atoms with van der Waals surface area (Å²) >= 11 is 10.9. The van der Waals surface area contributed by atoms with Crippen LogP contribution in [0.5, 0.6) is 0 Å². The lowest BCUT2D eigenvalue weighted by Crippen LogP contribution is -2.13. The molecule has 2 rings (SSSR count). The molecule has 3 N–H and O–H groups in total. The Balaban J connectivity index is 2.40. The minimum absolute atomic E-state index is 0.0482. The molecule has 18 heavy (non-hydrogen) atoms. The predicted molar refractivity (Wildman–Crippen MR) is 80.7 cm³/mol. The molecule has 0 amide bonds. The molecule has 0 spiro atoms. The molecule has 0 atom stereocenters. The minimum Gasteiger partial charge on any atom is -0.384 e. The molecule has 0 aliphatic rings. The fourth-order valence-corrected chi connectivity index (χ4v) is 3.53. The quantitative estimate of drug-likeness (QED) is 0.636. The van der Waals surface area contributed by atoms with Gasteiger partial charge in [0.1, 0.15) is 5.84 Å². The first-order valence-electron chi connectivity index (χ1n) is 5.14. The molecule has 0 saturated heterocycles. The fraction of sp³-hybridized carbons (Fsp3) is 0. The van der Waals surface area contributed by atoms with Gasteiger partial charge in [-0.25, -0.2) is 0 Å². The molecule has 2 aromatic rings. The Morgan fingerprint density at radius 1 is 1.22 bits per heavy atom. The van der Waals surface area contributed by atoms with E-state index in [1.165, 1.54) is 11.8 Å². The summed E-state index contributed by atoms with van der Waals surface area (Å²) in [5, 5.41) is 8.33. The summed E-state index contributed by atoms with van der Waals surface area (Å²) in [6, 6.07) is 13.3. The SMILES string of the molecule is N=C(N)c1c(Br)cccc1Sc1cccc(Cl)c1. The predicted octanol–water partition coefficient (Wildman–Crippen LogP) is 4.54. The second kappa shape index (κ2) is 5.78. The third-order valence-electron chi connectivity index (χ3n) is 2.27. The molecule has 0 fully saturated rings. The van der Waals surface area contributed by atoms with Gasteiger partial charge in [-0.2, -0.15) is 0 Å². The molecule has 0 heterocycles. The standard InChI is InChI=1S/C13H10BrClN2S/c14-10-5-2-6-11(12(10)13(16)17)18-9-4-1-3-8(15)7-9/h1-7H,(H3,16,17). The smallest absolute Gasteiger partial charge is 0.125 e. The Kier molecular flexibility index (Phi) is 4.32. The zero-order chi connectivity index (χ0) is 13.1. The maximum absolute atomic E-state index is 7.63. The summed E-state index contributed by atoms with van der Waals surface area (Å²) in [6.45, 7) is 0. The van der Waals surface area contributed by atoms with Crippen LogP contribution in [0.2, 0.25) is 5.02 Å². The first-order valence-corrected chi connectivity index (χ1v) is 7.13. The molecule has 0 aliphatic heterocycles. The molecule has 2 aromatic carbocycles. The number of nitrogens with two attached hydrogens (primary N) is 1. The Morgan fingerprint density at radius 2 is 1.94 bits per heavy atom. The van der Waals surface area contributed by atoms with Crippen molar-refractivity contribution in [3.05, 3.63) is 57.5 Å². The van der Waals surface area contributed by atoms with Gasteiger partial charge in [0.05, 0.1) is 0 Å². The van der Waals surface area contributed by atoms with E-state index in [1.807, 2.05) is 42.5 Å². The van der Waals surface area contributed by atoms with Crippen LogP contribution in [-0.4, -0.2) is 5.84 Å². The number of nitrogen functional groups attached to an aromatic ring is 1. The Hall–Kier alpha value is -0.970. The van der Waals surface area contributed by atoms with Crippen molar-refractivity contribution < 1.29 is 0 Å². The molecule has 2 nitrogen and oxygen atoms in total. The van der Waals surface area contributed by atoms with Gasteiger partial charge < -0.3 is 5.73 Å². The summed E-state index contributed by atoms with van der Waals surface area (Å²) in [6.07, 6.45) is 0. The highest BCUT2D eigenvalue weighted by Crippen LogP contribution is 2.34. The average molecular weight is 342 g/mol. The van der Waals surface area contributed by atoms with Gasteiger partial charge in [0, 0.05) is 24.8 Å². The second-order valence-corrected chi connectivity index (χ2v) is 5.99. The molecule has 5 heteroatoms. The van der Waals surface area contributed by atoms with Crippen molar-refractivity contribution in [2.45, 2.75) is 9.79 Å². The molecule has 0 unspecified atom stereocenters. The molecule has 0 bridgehead atoms. The normalized spacial score (nSPS) is 10.3. The van der Waals surface area contributed by atoms with E-state index in [0.717, 1.165) is 14.3 Å². The van der Waals surface area contributed by atoms with E-state index in [0.29, 0.717) is 10.6 Å². The fourth-order valence-electron chi connectivity index (χ4n) is 1.51. The topological polar surface area (TPSA) is 49.9 Å². The van der Waals surface area contributed by atoms with Crippen LogP contribution in [-0.2, 0) is 0 Å². The summed E-state index contributed by atoms with van der Waals surface area (Å²) in [7, 11) is 0. The lowest BCUT2D eigenvalue weighted by atomic mass is 10.2. The summed E-state index contributed by atoms with van der Waals surface area (Å²) in [4.78, 5) is 1.95. The summed E-state index contributed by atoms with van der Waals surface area (Å²) < 4.78 is 0.821. The van der Waals surface area contributed by atoms with Crippen molar-refractivity contribution in [2.24, 2.45) is 5.73 Å². The van der Waals surface area contributed by atoms with Gasteiger partial charge in [-0.05, 0) is 46.3 Å². The van der Waals surface area contributed by atoms with Crippen LogP contribution >= 0.6 is 39.3 Å². The zero-order valence-corrected chi connectivity index (χ0v) is 12.4. The second-order valence-electron chi connectivity index (χ2n) is 3.59. The largest absolute Gasteiger partial charge is 0.384 e. The van der Waals surface area contributed by atoms with Crippen LogP contribution in [0, 0.1) is 5.41 Å². The number of hydrogen-bond donors (Lipinski definition) is 2. The van der Waals surface area contributed by atoms with Crippen molar-refractivity contribution in [2.75, 3.05) is 0 Å². The van der Waals surface area contributed by atoms with E-state index in [4.69, 9.17) is 22.7 Å². The van der Waals surface area contributed by atoms with Gasteiger partial charge in [0.25, 0.3) is 0 Å². The third kappa shape index (κ3) is 3.07. The Labute approximate surface area is 123 Å². The molecule has 92 valence electrons. The van der Waals surface area contributed by atoms with Crippen molar-refractivity contribution in [3.63, 3.8) is 0 Å². The van der Waals surface area contributed by atoms with E-state index in [1.54, 1.807) is 0 Å². The zero-order valence-electron chi connectivity index (χ0n) is 9.28. The van der Waals surface area contributed by atoms with E-state index in [2.05, 4.69) is 15.9 Å². The van der Waals surface area contributed by atoms with Gasteiger partial charge in [0.2, 0.25) is 0 Å². The first-order chi connectivity index (χ1) is 8.58. The van der Waals surface area contributed by atoms with Gasteiger partial charge in [-0.1, -0.05) is 35.5 Å². The van der Waals surface area contributed by atoms with Gasteiger partial charge in [-0.3, -0.25) is 5.41 Å². The summed E-state index contributed by atoms with van der Waals surface area (Å²) in [5.41, 5.74) is 6.32. The highest BCUT2D eigenvalue weighted by atomic mass is 79.9. The Morgan fingerprint density at radius 3 is 2.61 bits per heavy atom. The van der Waals surface area contributed by atoms with E-state index in [9.17, 15) is 0 Å². The number of nitrogens with one attached hydrogen (secondary N) is 1. The van der Waals surface area contributed by atoms with Crippen molar-refractivity contribution >= 4 is 45.1 Å². The maximum Gasteiger partial charge on any atom is 0.125 e. The van der Waals surface area contributed by atoms with Crippen molar-refractivity contribution in [3.8, 4) is 0 Å². The van der Waals surface area contributed by atoms with E-state index >= 15 is 0 Å². The summed E-state index contributed by atoms with van der Waals surface area (Å²) in [5.74, 6) is 0.0482. The molecule has 0 saturated carbocycles. The highest BCUT2D eigenvalue weighted by molar-refractivity contribution is 9.10. The van der Waals surface area contributed by atoms with Crippen LogP contribution in [0.1, 0.15) is 5.56 Å². The lowest BCUT2D eigenvalue weighted by molar-refractivity contribution is 1.31. The Bertz CT molecular complexity index is 601. The van der Waals surface area contributed by atoms with Crippen LogP contribution in [0.15, 0.2) is 56.7 Å². The molecular formula is C13H10BrClN2S. The van der Waals surface area contributed by atoms with Gasteiger partial charge >= 0.3 is 0 Å². The number of rotatable bonds is 3. The molecule has 0 radical (unpaired) electrons. The van der Waals surface area contributed by atoms with Crippen LogP contribution in [0.3, 0.4) is 0 Å². The first kappa shape index (κ1) is 13.5. The van der Waals surface area contributed by atoms with Crippen LogP contribution in [0.4, 0.5) is 0 Å². The van der Waals surface area contributed by atoms with Crippen molar-refractivity contribution in [1.82, 2.24) is 0 Å². The van der Waals surface area contributed by atoms with Crippen molar-refractivity contribution in [1.29, 1.82) is 5.41 Å². The number of hydrogen-bond acceptors (Lipinski definition) is 2. The lowest BCUT2D eigenvalue weighted by Gasteiger charge is -2.09. The van der Waals surface area contributed by atoms with E-state index < -0.39 is 0 Å². The third-order valence-corrected chi connectivity index (χ3v) is 4.21. The number of benzene rings is 2. The van der Waals surface area contributed by atoms with Crippen LogP contribution < -0.4 is 5.73 Å². The molecule has 0 aliphatic carbocycles. The van der Waals surface area contributed by atoms with E-state index in [-0.39, 0.29) is 5.84 Å². The van der Waals surface area contributed by atoms with Gasteiger partial charge in [-0.15, -0.1) is 0 Å². The average Bonchev–Trinajstić information content (AvgIpc) is 2.28. The van der Waals surface area contributed by atoms with Crippen LogP contribution in [0.25, 0.3) is 0 Å². The minimum atomic E-state index is 0.0482. The molecular weight excluding hydrogens is 332 g/mol. The number of amidine groups is 1.